The molecule has 0 radical (unpaired) electrons. The Balaban J connectivity index is 2.38. The van der Waals surface area contributed by atoms with E-state index in [0.717, 1.165) is 12.0 Å². The Bertz CT molecular complexity index is 658. The van der Waals surface area contributed by atoms with Gasteiger partial charge in [-0.05, 0) is 36.5 Å². The van der Waals surface area contributed by atoms with E-state index in [1.165, 1.54) is 19.1 Å². The summed E-state index contributed by atoms with van der Waals surface area (Å²) in [5.41, 5.74) is 1.73. The lowest BCUT2D eigenvalue weighted by molar-refractivity contribution is 0.101. The van der Waals surface area contributed by atoms with Crippen molar-refractivity contribution in [3.8, 4) is 11.1 Å². The number of hydrogen-bond donors (Lipinski definition) is 0. The van der Waals surface area contributed by atoms with Crippen molar-refractivity contribution in [2.75, 3.05) is 0 Å². The summed E-state index contributed by atoms with van der Waals surface area (Å²) in [5, 5.41) is 0. The molecule has 0 unspecified atom stereocenters. The van der Waals surface area contributed by atoms with Crippen LogP contribution >= 0.6 is 0 Å². The maximum atomic E-state index is 14.1. The van der Waals surface area contributed by atoms with E-state index in [1.807, 2.05) is 12.1 Å². The number of benzene rings is 2. The average molecular weight is 288 g/mol. The molecule has 0 fully saturated rings. The third kappa shape index (κ3) is 3.35. The first-order valence-electron chi connectivity index (χ1n) is 6.98. The molecule has 21 heavy (non-hydrogen) atoms. The molecule has 3 heteroatoms. The molecular weight excluding hydrogens is 270 g/mol. The Labute approximate surface area is 123 Å². The largest absolute Gasteiger partial charge is 0.294 e. The molecule has 0 aliphatic heterocycles. The van der Waals surface area contributed by atoms with Crippen molar-refractivity contribution in [2.24, 2.45) is 5.92 Å². The zero-order valence-corrected chi connectivity index (χ0v) is 12.4. The molecule has 110 valence electrons. The highest BCUT2D eigenvalue weighted by atomic mass is 19.2. The van der Waals surface area contributed by atoms with Crippen molar-refractivity contribution in [1.29, 1.82) is 0 Å². The zero-order valence-electron chi connectivity index (χ0n) is 12.4. The molecule has 0 aromatic heterocycles. The number of halogens is 2. The van der Waals surface area contributed by atoms with Gasteiger partial charge in [-0.1, -0.05) is 44.2 Å². The quantitative estimate of drug-likeness (QED) is 0.721. The average Bonchev–Trinajstić information content (AvgIpc) is 2.42. The normalized spacial score (nSPS) is 11.0. The first-order chi connectivity index (χ1) is 9.90. The summed E-state index contributed by atoms with van der Waals surface area (Å²) in [4.78, 5) is 11.2. The molecule has 1 nitrogen and oxygen atoms in total. The minimum atomic E-state index is -1.08. The van der Waals surface area contributed by atoms with E-state index in [-0.39, 0.29) is 11.1 Å². The predicted octanol–water partition coefficient (Wildman–Crippen LogP) is 5.03. The van der Waals surface area contributed by atoms with Crippen LogP contribution in [0, 0.1) is 17.6 Å². The highest BCUT2D eigenvalue weighted by Crippen LogP contribution is 2.27. The first kappa shape index (κ1) is 15.4. The van der Waals surface area contributed by atoms with Crippen LogP contribution in [-0.4, -0.2) is 5.78 Å². The number of rotatable bonds is 4. The summed E-state index contributed by atoms with van der Waals surface area (Å²) in [7, 11) is 0. The van der Waals surface area contributed by atoms with Gasteiger partial charge >= 0.3 is 0 Å². The molecule has 2 aromatic carbocycles. The van der Waals surface area contributed by atoms with Gasteiger partial charge in [0, 0.05) is 5.56 Å². The second-order valence-corrected chi connectivity index (χ2v) is 5.64. The molecule has 0 bridgehead atoms. The standard InChI is InChI=1S/C18H18F2O/c1-11(2)10-13-4-6-14(7-5-13)16-9-8-15(12(3)21)17(19)18(16)20/h4-9,11H,10H2,1-3H3. The number of ketones is 1. The molecule has 0 saturated heterocycles. The van der Waals surface area contributed by atoms with E-state index < -0.39 is 17.4 Å². The Morgan fingerprint density at radius 3 is 2.14 bits per heavy atom. The summed E-state index contributed by atoms with van der Waals surface area (Å²) in [6.07, 6.45) is 0.945. The van der Waals surface area contributed by atoms with E-state index in [4.69, 9.17) is 0 Å². The first-order valence-corrected chi connectivity index (χ1v) is 6.98. The van der Waals surface area contributed by atoms with Crippen molar-refractivity contribution in [3.63, 3.8) is 0 Å². The number of carbonyl (C=O) groups excluding carboxylic acids is 1. The molecule has 2 rings (SSSR count). The van der Waals surface area contributed by atoms with Crippen LogP contribution in [0.1, 0.15) is 36.7 Å². The lowest BCUT2D eigenvalue weighted by Crippen LogP contribution is -2.01. The molecule has 0 aliphatic rings. The fourth-order valence-corrected chi connectivity index (χ4v) is 2.34. The van der Waals surface area contributed by atoms with E-state index >= 15 is 0 Å². The van der Waals surface area contributed by atoms with Crippen LogP contribution in [0.2, 0.25) is 0 Å². The monoisotopic (exact) mass is 288 g/mol. The highest BCUT2D eigenvalue weighted by Gasteiger charge is 2.16. The van der Waals surface area contributed by atoms with Crippen molar-refractivity contribution < 1.29 is 13.6 Å². The summed E-state index contributed by atoms with van der Waals surface area (Å²) in [6.45, 7) is 5.48. The van der Waals surface area contributed by atoms with Crippen LogP contribution in [0.3, 0.4) is 0 Å². The number of Topliss-reactive ketones (excluding diaryl/α,β-unsaturated/α-hetero) is 1. The maximum Gasteiger partial charge on any atom is 0.170 e. The smallest absolute Gasteiger partial charge is 0.170 e. The Hall–Kier alpha value is -2.03. The molecule has 0 N–H and O–H groups in total. The Morgan fingerprint density at radius 1 is 1.00 bits per heavy atom. The van der Waals surface area contributed by atoms with Gasteiger partial charge in [0.05, 0.1) is 5.56 Å². The van der Waals surface area contributed by atoms with Gasteiger partial charge in [-0.15, -0.1) is 0 Å². The Morgan fingerprint density at radius 2 is 1.62 bits per heavy atom. The zero-order chi connectivity index (χ0) is 15.6. The number of hydrogen-bond acceptors (Lipinski definition) is 1. The molecule has 0 atom stereocenters. The van der Waals surface area contributed by atoms with Gasteiger partial charge in [-0.2, -0.15) is 0 Å². The number of carbonyl (C=O) groups is 1. The molecule has 2 aromatic rings. The van der Waals surface area contributed by atoms with Gasteiger partial charge in [0.25, 0.3) is 0 Å². The molecule has 0 heterocycles. The van der Waals surface area contributed by atoms with Gasteiger partial charge in [0.1, 0.15) is 0 Å². The van der Waals surface area contributed by atoms with Crippen molar-refractivity contribution in [3.05, 3.63) is 59.2 Å². The van der Waals surface area contributed by atoms with Crippen molar-refractivity contribution >= 4 is 5.78 Å². The van der Waals surface area contributed by atoms with Crippen LogP contribution in [-0.2, 0) is 6.42 Å². The van der Waals surface area contributed by atoms with Gasteiger partial charge in [-0.25, -0.2) is 8.78 Å². The summed E-state index contributed by atoms with van der Waals surface area (Å²) in [6, 6.07) is 10.2. The third-order valence-electron chi connectivity index (χ3n) is 3.37. The fraction of sp³-hybridized carbons (Fsp3) is 0.278. The fourth-order valence-electron chi connectivity index (χ4n) is 2.34. The van der Waals surface area contributed by atoms with Gasteiger partial charge in [0.2, 0.25) is 0 Å². The lowest BCUT2D eigenvalue weighted by Gasteiger charge is -2.09. The lowest BCUT2D eigenvalue weighted by atomic mass is 9.97. The molecule has 0 aliphatic carbocycles. The third-order valence-corrected chi connectivity index (χ3v) is 3.37. The minimum Gasteiger partial charge on any atom is -0.294 e. The SMILES string of the molecule is CC(=O)c1ccc(-c2ccc(CC(C)C)cc2)c(F)c1F. The molecular formula is C18H18F2O. The van der Waals surface area contributed by atoms with E-state index in [0.29, 0.717) is 11.5 Å². The summed E-state index contributed by atoms with van der Waals surface area (Å²) >= 11 is 0. The van der Waals surface area contributed by atoms with Crippen LogP contribution in [0.4, 0.5) is 8.78 Å². The van der Waals surface area contributed by atoms with Crippen LogP contribution in [0.15, 0.2) is 36.4 Å². The second-order valence-electron chi connectivity index (χ2n) is 5.64. The van der Waals surface area contributed by atoms with E-state index in [1.54, 1.807) is 12.1 Å². The minimum absolute atomic E-state index is 0.175. The van der Waals surface area contributed by atoms with E-state index in [2.05, 4.69) is 13.8 Å². The topological polar surface area (TPSA) is 17.1 Å². The van der Waals surface area contributed by atoms with Crippen LogP contribution in [0.25, 0.3) is 11.1 Å². The van der Waals surface area contributed by atoms with Crippen molar-refractivity contribution in [2.45, 2.75) is 27.2 Å². The van der Waals surface area contributed by atoms with Crippen LogP contribution in [0.5, 0.6) is 0 Å². The second kappa shape index (κ2) is 6.17. The van der Waals surface area contributed by atoms with Gasteiger partial charge in [0.15, 0.2) is 17.4 Å². The molecule has 0 amide bonds. The van der Waals surface area contributed by atoms with Crippen molar-refractivity contribution in [1.82, 2.24) is 0 Å². The predicted molar refractivity (Wildman–Crippen MR) is 80.3 cm³/mol. The summed E-state index contributed by atoms with van der Waals surface area (Å²) in [5.74, 6) is -1.99. The molecule has 0 saturated carbocycles. The molecule has 0 spiro atoms. The highest BCUT2D eigenvalue weighted by molar-refractivity contribution is 5.94. The summed E-state index contributed by atoms with van der Waals surface area (Å²) < 4.78 is 27.9. The van der Waals surface area contributed by atoms with E-state index in [9.17, 15) is 13.6 Å². The maximum absolute atomic E-state index is 14.1. The van der Waals surface area contributed by atoms with Gasteiger partial charge < -0.3 is 0 Å². The van der Waals surface area contributed by atoms with Crippen LogP contribution < -0.4 is 0 Å². The Kier molecular flexibility index (Phi) is 4.51. The van der Waals surface area contributed by atoms with Gasteiger partial charge in [-0.3, -0.25) is 4.79 Å².